The Hall–Kier alpha value is -1.69. The van der Waals surface area contributed by atoms with Crippen molar-refractivity contribution in [2.75, 3.05) is 20.1 Å². The van der Waals surface area contributed by atoms with Crippen LogP contribution in [0.3, 0.4) is 0 Å². The van der Waals surface area contributed by atoms with Gasteiger partial charge < -0.3 is 10.6 Å². The first-order valence-corrected chi connectivity index (χ1v) is 4.97. The highest BCUT2D eigenvalue weighted by Crippen LogP contribution is 2.09. The van der Waals surface area contributed by atoms with E-state index in [1.807, 2.05) is 0 Å². The zero-order valence-electron chi connectivity index (χ0n) is 9.16. The van der Waals surface area contributed by atoms with Gasteiger partial charge in [-0.2, -0.15) is 0 Å². The molecule has 1 aliphatic rings. The number of nitrogens with zero attached hydrogens (tertiary/aromatic N) is 1. The molecule has 0 spiro atoms. The Balaban J connectivity index is 2.37. The minimum absolute atomic E-state index is 0.0442. The number of rotatable bonds is 5. The van der Waals surface area contributed by atoms with E-state index in [0.29, 0.717) is 6.54 Å². The summed E-state index contributed by atoms with van der Waals surface area (Å²) < 4.78 is 0. The fourth-order valence-corrected chi connectivity index (χ4v) is 1.40. The second kappa shape index (κ2) is 5.41. The number of carbonyl (C=O) groups is 3. The summed E-state index contributed by atoms with van der Waals surface area (Å²) in [7, 11) is 1.41. The Labute approximate surface area is 93.7 Å². The predicted molar refractivity (Wildman–Crippen MR) is 57.4 cm³/mol. The first kappa shape index (κ1) is 12.4. The molecule has 1 fully saturated rings. The summed E-state index contributed by atoms with van der Waals surface area (Å²) in [5.41, 5.74) is 0. The predicted octanol–water partition coefficient (Wildman–Crippen LogP) is -1.36. The smallest absolute Gasteiger partial charge is 0.252 e. The number of imide groups is 1. The molecule has 1 unspecified atom stereocenters. The summed E-state index contributed by atoms with van der Waals surface area (Å²) in [6, 6.07) is -0.712. The second-order valence-electron chi connectivity index (χ2n) is 3.53. The molecule has 1 aliphatic heterocycles. The van der Waals surface area contributed by atoms with Crippen molar-refractivity contribution in [2.24, 2.45) is 0 Å². The summed E-state index contributed by atoms with van der Waals surface area (Å²) in [5, 5.41) is 5.31. The van der Waals surface area contributed by atoms with Crippen molar-refractivity contribution < 1.29 is 14.4 Å². The van der Waals surface area contributed by atoms with Crippen molar-refractivity contribution in [2.45, 2.75) is 12.5 Å². The standard InChI is InChI=1S/C10H15N3O3/c1-3-4-11-6-8(14)12-7-5-9(15)13(2)10(7)16/h3,7,11H,1,4-6H2,2H3,(H,12,14). The quantitative estimate of drug-likeness (QED) is 0.344. The highest BCUT2D eigenvalue weighted by Gasteiger charge is 2.36. The first-order valence-electron chi connectivity index (χ1n) is 4.97. The normalized spacial score (nSPS) is 20.1. The summed E-state index contributed by atoms with van der Waals surface area (Å²) in [4.78, 5) is 35.0. The number of hydrogen-bond donors (Lipinski definition) is 2. The van der Waals surface area contributed by atoms with Gasteiger partial charge in [-0.05, 0) is 0 Å². The number of carbonyl (C=O) groups excluding carboxylic acids is 3. The van der Waals surface area contributed by atoms with Crippen molar-refractivity contribution in [3.8, 4) is 0 Å². The molecule has 1 atom stereocenters. The molecule has 0 radical (unpaired) electrons. The van der Waals surface area contributed by atoms with Crippen LogP contribution in [0.15, 0.2) is 12.7 Å². The molecular formula is C10H15N3O3. The number of hydrogen-bond acceptors (Lipinski definition) is 4. The molecule has 1 rings (SSSR count). The number of likely N-dealkylation sites (tertiary alicyclic amines) is 1. The molecule has 0 aromatic heterocycles. The van der Waals surface area contributed by atoms with Gasteiger partial charge in [0.05, 0.1) is 13.0 Å². The Morgan fingerprint density at radius 3 is 2.81 bits per heavy atom. The molecule has 1 saturated heterocycles. The van der Waals surface area contributed by atoms with E-state index in [1.54, 1.807) is 6.08 Å². The van der Waals surface area contributed by atoms with Gasteiger partial charge in [-0.1, -0.05) is 6.08 Å². The van der Waals surface area contributed by atoms with Gasteiger partial charge in [0.2, 0.25) is 11.8 Å². The van der Waals surface area contributed by atoms with Gasteiger partial charge in [0.1, 0.15) is 6.04 Å². The third-order valence-corrected chi connectivity index (χ3v) is 2.29. The average molecular weight is 225 g/mol. The lowest BCUT2D eigenvalue weighted by Gasteiger charge is -2.10. The molecule has 1 heterocycles. The lowest BCUT2D eigenvalue weighted by molar-refractivity contribution is -0.138. The summed E-state index contributed by atoms with van der Waals surface area (Å²) in [6.45, 7) is 4.12. The lowest BCUT2D eigenvalue weighted by Crippen LogP contribution is -2.44. The maximum atomic E-state index is 11.4. The molecule has 0 bridgehead atoms. The van der Waals surface area contributed by atoms with Crippen molar-refractivity contribution in [3.63, 3.8) is 0 Å². The molecule has 2 N–H and O–H groups in total. The fraction of sp³-hybridized carbons (Fsp3) is 0.500. The van der Waals surface area contributed by atoms with Crippen LogP contribution in [0, 0.1) is 0 Å². The Bertz CT molecular complexity index is 327. The van der Waals surface area contributed by atoms with E-state index in [4.69, 9.17) is 0 Å². The van der Waals surface area contributed by atoms with Crippen molar-refractivity contribution >= 4 is 17.7 Å². The Morgan fingerprint density at radius 1 is 1.62 bits per heavy atom. The molecule has 0 saturated carbocycles. The first-order chi connectivity index (χ1) is 7.56. The van der Waals surface area contributed by atoms with Crippen LogP contribution in [-0.2, 0) is 14.4 Å². The molecule has 6 heteroatoms. The van der Waals surface area contributed by atoms with Crippen LogP contribution in [0.4, 0.5) is 0 Å². The van der Waals surface area contributed by atoms with E-state index in [0.717, 1.165) is 4.90 Å². The molecule has 3 amide bonds. The second-order valence-corrected chi connectivity index (χ2v) is 3.53. The van der Waals surface area contributed by atoms with Crippen LogP contribution in [0.5, 0.6) is 0 Å². The maximum absolute atomic E-state index is 11.4. The largest absolute Gasteiger partial charge is 0.343 e. The van der Waals surface area contributed by atoms with Crippen LogP contribution in [0.1, 0.15) is 6.42 Å². The van der Waals surface area contributed by atoms with Crippen LogP contribution in [0.25, 0.3) is 0 Å². The van der Waals surface area contributed by atoms with E-state index >= 15 is 0 Å². The maximum Gasteiger partial charge on any atom is 0.252 e. The van der Waals surface area contributed by atoms with Gasteiger partial charge in [0.15, 0.2) is 0 Å². The van der Waals surface area contributed by atoms with Crippen molar-refractivity contribution in [1.82, 2.24) is 15.5 Å². The van der Waals surface area contributed by atoms with Crippen molar-refractivity contribution in [3.05, 3.63) is 12.7 Å². The van der Waals surface area contributed by atoms with Gasteiger partial charge in [-0.15, -0.1) is 6.58 Å². The van der Waals surface area contributed by atoms with E-state index in [-0.39, 0.29) is 30.7 Å². The van der Waals surface area contributed by atoms with Gasteiger partial charge in [-0.3, -0.25) is 19.3 Å². The highest BCUT2D eigenvalue weighted by molar-refractivity contribution is 6.06. The van der Waals surface area contributed by atoms with E-state index in [2.05, 4.69) is 17.2 Å². The van der Waals surface area contributed by atoms with Gasteiger partial charge in [0, 0.05) is 13.6 Å². The Kier molecular flexibility index (Phi) is 4.19. The molecule has 0 aliphatic carbocycles. The monoisotopic (exact) mass is 225 g/mol. The van der Waals surface area contributed by atoms with Gasteiger partial charge in [-0.25, -0.2) is 0 Å². The van der Waals surface area contributed by atoms with Crippen molar-refractivity contribution in [1.29, 1.82) is 0 Å². The summed E-state index contributed by atoms with van der Waals surface area (Å²) in [6.07, 6.45) is 1.67. The van der Waals surface area contributed by atoms with Crippen LogP contribution >= 0.6 is 0 Å². The molecule has 88 valence electrons. The lowest BCUT2D eigenvalue weighted by atomic mass is 10.2. The van der Waals surface area contributed by atoms with Gasteiger partial charge >= 0.3 is 0 Å². The van der Waals surface area contributed by atoms with Crippen LogP contribution in [-0.4, -0.2) is 48.8 Å². The van der Waals surface area contributed by atoms with E-state index in [1.165, 1.54) is 7.05 Å². The average Bonchev–Trinajstić information content (AvgIpc) is 2.47. The van der Waals surface area contributed by atoms with Crippen LogP contribution in [0.2, 0.25) is 0 Å². The molecule has 6 nitrogen and oxygen atoms in total. The zero-order chi connectivity index (χ0) is 12.1. The highest BCUT2D eigenvalue weighted by atomic mass is 16.2. The third kappa shape index (κ3) is 2.90. The minimum atomic E-state index is -0.712. The number of likely N-dealkylation sites (N-methyl/N-ethyl adjacent to an activating group) is 1. The zero-order valence-corrected chi connectivity index (χ0v) is 9.16. The number of nitrogens with one attached hydrogen (secondary N) is 2. The fourth-order valence-electron chi connectivity index (χ4n) is 1.40. The van der Waals surface area contributed by atoms with Crippen LogP contribution < -0.4 is 10.6 Å². The number of amides is 3. The SMILES string of the molecule is C=CCNCC(=O)NC1CC(=O)N(C)C1=O. The molecular weight excluding hydrogens is 210 g/mol. The van der Waals surface area contributed by atoms with E-state index in [9.17, 15) is 14.4 Å². The Morgan fingerprint density at radius 2 is 2.31 bits per heavy atom. The molecule has 0 aromatic carbocycles. The summed E-state index contributed by atoms with van der Waals surface area (Å²) >= 11 is 0. The third-order valence-electron chi connectivity index (χ3n) is 2.29. The topological polar surface area (TPSA) is 78.5 Å². The van der Waals surface area contributed by atoms with Gasteiger partial charge in [0.25, 0.3) is 5.91 Å². The molecule has 0 aromatic rings. The summed E-state index contributed by atoms with van der Waals surface area (Å²) in [5.74, 6) is -0.931. The van der Waals surface area contributed by atoms with E-state index < -0.39 is 6.04 Å². The minimum Gasteiger partial charge on any atom is -0.343 e. The molecule has 16 heavy (non-hydrogen) atoms.